The zero-order chi connectivity index (χ0) is 15.7. The van der Waals surface area contributed by atoms with E-state index in [0.29, 0.717) is 10.9 Å². The van der Waals surface area contributed by atoms with Crippen molar-refractivity contribution in [1.82, 2.24) is 4.98 Å². The Morgan fingerprint density at radius 2 is 1.81 bits per heavy atom. The number of hydrogen-bond donors (Lipinski definition) is 0. The van der Waals surface area contributed by atoms with Crippen molar-refractivity contribution in [3.05, 3.63) is 72.9 Å². The van der Waals surface area contributed by atoms with Gasteiger partial charge >= 0.3 is 0 Å². The van der Waals surface area contributed by atoms with Crippen molar-refractivity contribution in [2.24, 2.45) is 0 Å². The van der Waals surface area contributed by atoms with Gasteiger partial charge in [-0.3, -0.25) is 4.98 Å². The van der Waals surface area contributed by atoms with E-state index in [1.165, 1.54) is 18.2 Å². The molecular weight excluding hydrogens is 282 g/mol. The predicted molar refractivity (Wildman–Crippen MR) is 83.7 cm³/mol. The Morgan fingerprint density at radius 1 is 1.05 bits per heavy atom. The number of pyridine rings is 1. The summed E-state index contributed by atoms with van der Waals surface area (Å²) < 4.78 is 33.4. The van der Waals surface area contributed by atoms with Crippen LogP contribution < -0.4 is 0 Å². The van der Waals surface area contributed by atoms with Gasteiger partial charge in [0.25, 0.3) is 0 Å². The van der Waals surface area contributed by atoms with Crippen LogP contribution in [0.1, 0.15) is 6.93 Å². The second kappa shape index (κ2) is 5.14. The van der Waals surface area contributed by atoms with E-state index in [0.717, 1.165) is 5.56 Å². The molecule has 0 aliphatic heterocycles. The summed E-state index contributed by atoms with van der Waals surface area (Å²) in [5.41, 5.74) is 1.35. The van der Waals surface area contributed by atoms with E-state index < -0.39 is 9.84 Å². The van der Waals surface area contributed by atoms with Gasteiger partial charge in [-0.15, -0.1) is 0 Å². The quantitative estimate of drug-likeness (QED) is 0.740. The Bertz CT molecular complexity index is 967. The van der Waals surface area contributed by atoms with E-state index in [1.807, 2.05) is 12.1 Å². The molecule has 0 unspecified atom stereocenters. The fourth-order valence-electron chi connectivity index (χ4n) is 2.14. The Morgan fingerprint density at radius 3 is 2.52 bits per heavy atom. The van der Waals surface area contributed by atoms with Crippen molar-refractivity contribution >= 4 is 26.8 Å². The van der Waals surface area contributed by atoms with E-state index in [-0.39, 0.29) is 16.0 Å². The second-order valence-electron chi connectivity index (χ2n) is 4.54. The third-order valence-electron chi connectivity index (χ3n) is 3.23. The first-order valence-electron chi connectivity index (χ1n) is 6.87. The molecule has 3 aromatic rings. The van der Waals surface area contributed by atoms with Crippen molar-refractivity contribution in [1.29, 1.82) is 0 Å². The highest BCUT2D eigenvalue weighted by atomic mass is 32.2. The van der Waals surface area contributed by atoms with Crippen LogP contribution in [-0.4, -0.2) is 13.4 Å². The first-order chi connectivity index (χ1) is 10.5. The number of fused-ring (bicyclic) bond motifs is 1. The van der Waals surface area contributed by atoms with Crippen molar-refractivity contribution in [3.63, 3.8) is 0 Å². The van der Waals surface area contributed by atoms with Gasteiger partial charge in [0.15, 0.2) is 0 Å². The molecule has 3 nitrogen and oxygen atoms in total. The molecule has 0 aliphatic carbocycles. The molecule has 0 aliphatic rings. The van der Waals surface area contributed by atoms with Gasteiger partial charge in [0, 0.05) is 17.1 Å². The van der Waals surface area contributed by atoms with Crippen molar-refractivity contribution in [2.45, 2.75) is 9.79 Å². The molecule has 0 atom stereocenters. The van der Waals surface area contributed by atoms with Gasteiger partial charge in [0.2, 0.25) is 9.84 Å². The largest absolute Gasteiger partial charge is 0.254 e. The van der Waals surface area contributed by atoms with Crippen molar-refractivity contribution < 1.29 is 9.79 Å². The van der Waals surface area contributed by atoms with Crippen LogP contribution in [0, 0.1) is 0 Å². The Kier molecular flexibility index (Phi) is 3.01. The van der Waals surface area contributed by atoms with E-state index in [4.69, 9.17) is 1.37 Å². The van der Waals surface area contributed by atoms with Gasteiger partial charge in [0.1, 0.15) is 0 Å². The average molecular weight is 296 g/mol. The van der Waals surface area contributed by atoms with Crippen LogP contribution in [0.2, 0.25) is 0 Å². The molecule has 0 fully saturated rings. The maximum absolute atomic E-state index is 12.7. The fraction of sp³-hybridized carbons (Fsp3) is 0. The molecule has 0 saturated heterocycles. The van der Waals surface area contributed by atoms with Crippen LogP contribution in [0.25, 0.3) is 17.0 Å². The first kappa shape index (κ1) is 12.3. The highest BCUT2D eigenvalue weighted by Crippen LogP contribution is 2.24. The highest BCUT2D eigenvalue weighted by molar-refractivity contribution is 7.91. The van der Waals surface area contributed by atoms with Gasteiger partial charge < -0.3 is 0 Å². The number of sulfone groups is 1. The molecule has 1 aromatic heterocycles. The number of benzene rings is 2. The predicted octanol–water partition coefficient (Wildman–Crippen LogP) is 3.71. The second-order valence-corrected chi connectivity index (χ2v) is 6.46. The molecule has 0 spiro atoms. The Labute approximate surface area is 124 Å². The summed E-state index contributed by atoms with van der Waals surface area (Å²) in [4.78, 5) is 4.22. The standard InChI is InChI=1S/C17H13NO2S/c1-2-13-7-6-8-14-11-16(12-18-17(13)14)21(19,20)15-9-4-3-5-10-15/h2-12H,1H2/i12D. The summed E-state index contributed by atoms with van der Waals surface area (Å²) in [5, 5.41) is 0.669. The molecule has 0 N–H and O–H groups in total. The summed E-state index contributed by atoms with van der Waals surface area (Å²) in [6, 6.07) is 15.0. The molecule has 2 aromatic carbocycles. The third kappa shape index (κ3) is 2.34. The smallest absolute Gasteiger partial charge is 0.208 e. The summed E-state index contributed by atoms with van der Waals surface area (Å²) in [6.07, 6.45) is 1.38. The van der Waals surface area contributed by atoms with Gasteiger partial charge in [-0.1, -0.05) is 49.1 Å². The lowest BCUT2D eigenvalue weighted by molar-refractivity contribution is 0.596. The third-order valence-corrected chi connectivity index (χ3v) is 4.91. The zero-order valence-electron chi connectivity index (χ0n) is 12.2. The molecule has 104 valence electrons. The number of nitrogens with zero attached hydrogens (tertiary/aromatic N) is 1. The van der Waals surface area contributed by atoms with Gasteiger partial charge in [0.05, 0.1) is 16.7 Å². The van der Waals surface area contributed by atoms with Crippen LogP contribution in [0.3, 0.4) is 0 Å². The van der Waals surface area contributed by atoms with E-state index >= 15 is 0 Å². The highest BCUT2D eigenvalue weighted by Gasteiger charge is 2.18. The van der Waals surface area contributed by atoms with E-state index in [9.17, 15) is 8.42 Å². The minimum Gasteiger partial charge on any atom is -0.254 e. The van der Waals surface area contributed by atoms with Gasteiger partial charge in [-0.2, -0.15) is 0 Å². The number of para-hydroxylation sites is 1. The number of aromatic nitrogens is 1. The molecule has 0 radical (unpaired) electrons. The minimum atomic E-state index is -3.76. The lowest BCUT2D eigenvalue weighted by Gasteiger charge is -2.06. The molecule has 21 heavy (non-hydrogen) atoms. The minimum absolute atomic E-state index is 0.0904. The maximum atomic E-state index is 12.7. The molecule has 4 heteroatoms. The first-order valence-corrected chi connectivity index (χ1v) is 7.85. The Hall–Kier alpha value is -2.46. The summed E-state index contributed by atoms with van der Waals surface area (Å²) in [6.45, 7) is 3.71. The lowest BCUT2D eigenvalue weighted by Crippen LogP contribution is -2.02. The number of hydrogen-bond acceptors (Lipinski definition) is 3. The van der Waals surface area contributed by atoms with E-state index in [1.54, 1.807) is 30.3 Å². The molecule has 0 bridgehead atoms. The summed E-state index contributed by atoms with van der Waals surface area (Å²) >= 11 is 0. The normalized spacial score (nSPS) is 12.1. The van der Waals surface area contributed by atoms with E-state index in [2.05, 4.69) is 11.6 Å². The van der Waals surface area contributed by atoms with Crippen LogP contribution >= 0.6 is 0 Å². The van der Waals surface area contributed by atoms with Gasteiger partial charge in [-0.25, -0.2) is 8.42 Å². The molecule has 3 rings (SSSR count). The molecule has 0 saturated carbocycles. The SMILES string of the molecule is [2H]c1nc2c(C=C)cccc2cc1S(=O)(=O)c1ccccc1. The summed E-state index contributed by atoms with van der Waals surface area (Å²) in [7, 11) is -3.76. The Balaban J connectivity index is 2.29. The number of rotatable bonds is 3. The topological polar surface area (TPSA) is 47.0 Å². The average Bonchev–Trinajstić information content (AvgIpc) is 2.54. The lowest BCUT2D eigenvalue weighted by atomic mass is 10.1. The van der Waals surface area contributed by atoms with Crippen LogP contribution in [0.5, 0.6) is 0 Å². The van der Waals surface area contributed by atoms with Crippen LogP contribution in [-0.2, 0) is 9.84 Å². The summed E-state index contributed by atoms with van der Waals surface area (Å²) in [5.74, 6) is 0. The fourth-order valence-corrected chi connectivity index (χ4v) is 3.36. The van der Waals surface area contributed by atoms with Crippen molar-refractivity contribution in [2.75, 3.05) is 0 Å². The van der Waals surface area contributed by atoms with Crippen molar-refractivity contribution in [3.8, 4) is 0 Å². The monoisotopic (exact) mass is 296 g/mol. The molecule has 0 amide bonds. The molecule has 1 heterocycles. The molecular formula is C17H13NO2S. The van der Waals surface area contributed by atoms with Crippen LogP contribution in [0.4, 0.5) is 0 Å². The van der Waals surface area contributed by atoms with Gasteiger partial charge in [-0.05, 0) is 18.2 Å². The van der Waals surface area contributed by atoms with Crippen LogP contribution in [0.15, 0.2) is 77.1 Å². The zero-order valence-corrected chi connectivity index (χ0v) is 12.0. The maximum Gasteiger partial charge on any atom is 0.208 e.